The summed E-state index contributed by atoms with van der Waals surface area (Å²) in [6.07, 6.45) is -5.19. The lowest BCUT2D eigenvalue weighted by molar-refractivity contribution is -0.285. The minimum atomic E-state index is -5.19. The molecule has 12 heavy (non-hydrogen) atoms. The van der Waals surface area contributed by atoms with Gasteiger partial charge in [-0.1, -0.05) is 0 Å². The number of hydrogen-bond donors (Lipinski definition) is 1. The maximum absolute atomic E-state index is 11.3. The molecule has 0 aliphatic rings. The van der Waals surface area contributed by atoms with Crippen molar-refractivity contribution in [2.75, 3.05) is 6.54 Å². The van der Waals surface area contributed by atoms with Gasteiger partial charge in [0, 0.05) is 0 Å². The maximum Gasteiger partial charge on any atom is 0.495 e. The molecule has 0 aliphatic heterocycles. The van der Waals surface area contributed by atoms with Crippen molar-refractivity contribution < 1.29 is 32.5 Å². The minimum Gasteiger partial charge on any atom is -0.321 e. The second-order valence-corrected chi connectivity index (χ2v) is 1.53. The van der Waals surface area contributed by atoms with Crippen LogP contribution < -0.4 is 5.73 Å². The van der Waals surface area contributed by atoms with Crippen molar-refractivity contribution in [3.8, 4) is 0 Å². The topological polar surface area (TPSA) is 78.6 Å². The van der Waals surface area contributed by atoms with Crippen molar-refractivity contribution in [2.45, 2.75) is 6.18 Å². The van der Waals surface area contributed by atoms with E-state index < -0.39 is 24.7 Å². The predicted octanol–water partition coefficient (Wildman–Crippen LogP) is -0.491. The zero-order valence-electron chi connectivity index (χ0n) is 5.55. The Balaban J connectivity index is 3.81. The van der Waals surface area contributed by atoms with E-state index in [0.29, 0.717) is 0 Å². The first-order chi connectivity index (χ1) is 5.38. The molecule has 0 aromatic rings. The Bertz CT molecular complexity index is 189. The third-order valence-corrected chi connectivity index (χ3v) is 0.608. The van der Waals surface area contributed by atoms with E-state index in [-0.39, 0.29) is 0 Å². The summed E-state index contributed by atoms with van der Waals surface area (Å²) < 4.78 is 33.9. The number of alkyl halides is 3. The van der Waals surface area contributed by atoms with Gasteiger partial charge in [0.15, 0.2) is 0 Å². The monoisotopic (exact) mass is 187 g/mol. The average molecular weight is 187 g/mol. The van der Waals surface area contributed by atoms with E-state index in [4.69, 9.17) is 0 Å². The second kappa shape index (κ2) is 3.90. The van der Waals surface area contributed by atoms with Gasteiger partial charge in [-0.05, 0) is 0 Å². The third kappa shape index (κ3) is 3.76. The van der Waals surface area contributed by atoms with E-state index in [0.717, 1.165) is 0 Å². The van der Waals surface area contributed by atoms with Crippen LogP contribution >= 0.6 is 0 Å². The van der Waals surface area contributed by atoms with Crippen LogP contribution in [0, 0.1) is 0 Å². The zero-order chi connectivity index (χ0) is 9.78. The lowest BCUT2D eigenvalue weighted by Crippen LogP contribution is -2.28. The lowest BCUT2D eigenvalue weighted by atomic mass is 10.7. The van der Waals surface area contributed by atoms with Crippen LogP contribution in [0.3, 0.4) is 0 Å². The summed E-state index contributed by atoms with van der Waals surface area (Å²) in [4.78, 5) is 26.3. The molecule has 0 fully saturated rings. The smallest absolute Gasteiger partial charge is 0.321 e. The molecule has 0 aliphatic carbocycles. The Morgan fingerprint density at radius 1 is 1.25 bits per heavy atom. The highest BCUT2D eigenvalue weighted by Crippen LogP contribution is 2.16. The number of carbonyl (C=O) groups is 2. The average Bonchev–Trinajstić information content (AvgIpc) is 1.97. The summed E-state index contributed by atoms with van der Waals surface area (Å²) in [5.74, 6) is -3.88. The Kier molecular flexibility index (Phi) is 3.48. The first-order valence-corrected chi connectivity index (χ1v) is 2.56. The number of nitrogens with two attached hydrogens (primary N) is 1. The second-order valence-electron chi connectivity index (χ2n) is 1.53. The van der Waals surface area contributed by atoms with Gasteiger partial charge in [-0.15, -0.1) is 0 Å². The highest BCUT2D eigenvalue weighted by Gasteiger charge is 2.43. The summed E-state index contributed by atoms with van der Waals surface area (Å²) in [5, 5.41) is 0. The van der Waals surface area contributed by atoms with Crippen LogP contribution in [-0.4, -0.2) is 24.7 Å². The summed E-state index contributed by atoms with van der Waals surface area (Å²) in [5.41, 5.74) is 4.62. The van der Waals surface area contributed by atoms with E-state index in [9.17, 15) is 22.8 Å². The van der Waals surface area contributed by atoms with Gasteiger partial charge in [0.25, 0.3) is 0 Å². The molecule has 0 saturated carbocycles. The first kappa shape index (κ1) is 10.7. The summed E-state index contributed by atoms with van der Waals surface area (Å²) in [6.45, 7) is -0.675. The van der Waals surface area contributed by atoms with Crippen LogP contribution in [0.5, 0.6) is 0 Å². The molecule has 0 aromatic carbocycles. The van der Waals surface area contributed by atoms with Crippen LogP contribution in [0.15, 0.2) is 0 Å². The third-order valence-electron chi connectivity index (χ3n) is 0.608. The van der Waals surface area contributed by atoms with E-state index >= 15 is 0 Å². The molecular weight excluding hydrogens is 183 g/mol. The number of halogens is 3. The Hall–Kier alpha value is -1.31. The number of hydrogen-bond acceptors (Lipinski definition) is 5. The standard InChI is InChI=1S/C4H4F3NO4/c5-4(6,7)3(10)12-11-2(9)1-8/h1,8H2. The van der Waals surface area contributed by atoms with Gasteiger partial charge < -0.3 is 5.73 Å². The molecule has 70 valence electrons. The van der Waals surface area contributed by atoms with Gasteiger partial charge in [0.2, 0.25) is 0 Å². The van der Waals surface area contributed by atoms with Crippen LogP contribution in [0.4, 0.5) is 13.2 Å². The fraction of sp³-hybridized carbons (Fsp3) is 0.500. The largest absolute Gasteiger partial charge is 0.495 e. The van der Waals surface area contributed by atoms with Crippen molar-refractivity contribution in [3.05, 3.63) is 0 Å². The molecule has 8 heteroatoms. The van der Waals surface area contributed by atoms with Crippen molar-refractivity contribution >= 4 is 11.9 Å². The van der Waals surface area contributed by atoms with Gasteiger partial charge in [-0.25, -0.2) is 19.4 Å². The van der Waals surface area contributed by atoms with Crippen molar-refractivity contribution in [2.24, 2.45) is 5.73 Å². The predicted molar refractivity (Wildman–Crippen MR) is 27.3 cm³/mol. The quantitative estimate of drug-likeness (QED) is 0.442. The maximum atomic E-state index is 11.3. The van der Waals surface area contributed by atoms with Gasteiger partial charge >= 0.3 is 18.1 Å². The molecule has 0 amide bonds. The molecule has 0 heterocycles. The molecule has 0 radical (unpaired) electrons. The minimum absolute atomic E-state index is 0.675. The van der Waals surface area contributed by atoms with Crippen LogP contribution in [0.25, 0.3) is 0 Å². The Labute approximate surface area is 64.2 Å². The molecule has 0 unspecified atom stereocenters. The van der Waals surface area contributed by atoms with Gasteiger partial charge in [-0.3, -0.25) is 0 Å². The highest BCUT2D eigenvalue weighted by atomic mass is 19.4. The number of carbonyl (C=O) groups excluding carboxylic acids is 2. The van der Waals surface area contributed by atoms with Gasteiger partial charge in [-0.2, -0.15) is 13.2 Å². The van der Waals surface area contributed by atoms with Crippen molar-refractivity contribution in [1.29, 1.82) is 0 Å². The van der Waals surface area contributed by atoms with E-state index in [1.165, 1.54) is 0 Å². The molecule has 2 N–H and O–H groups in total. The highest BCUT2D eigenvalue weighted by molar-refractivity contribution is 5.77. The molecule has 5 nitrogen and oxygen atoms in total. The fourth-order valence-corrected chi connectivity index (χ4v) is 0.166. The van der Waals surface area contributed by atoms with Crippen molar-refractivity contribution in [1.82, 2.24) is 0 Å². The fourth-order valence-electron chi connectivity index (χ4n) is 0.166. The van der Waals surface area contributed by atoms with Crippen molar-refractivity contribution in [3.63, 3.8) is 0 Å². The number of rotatable bonds is 1. The Morgan fingerprint density at radius 3 is 2.08 bits per heavy atom. The van der Waals surface area contributed by atoms with Crippen LogP contribution in [0.1, 0.15) is 0 Å². The van der Waals surface area contributed by atoms with Gasteiger partial charge in [0.1, 0.15) is 0 Å². The molecule has 0 atom stereocenters. The SMILES string of the molecule is NCC(=O)OOC(=O)C(F)(F)F. The first-order valence-electron chi connectivity index (χ1n) is 2.56. The Morgan fingerprint density at radius 2 is 1.75 bits per heavy atom. The molecule has 0 spiro atoms. The van der Waals surface area contributed by atoms with Crippen LogP contribution in [-0.2, 0) is 19.4 Å². The van der Waals surface area contributed by atoms with Crippen LogP contribution in [0.2, 0.25) is 0 Å². The molecule has 0 saturated heterocycles. The zero-order valence-corrected chi connectivity index (χ0v) is 5.55. The molecule has 0 bridgehead atoms. The molecule has 0 aromatic heterocycles. The lowest BCUT2D eigenvalue weighted by Gasteiger charge is -2.03. The van der Waals surface area contributed by atoms with E-state index in [1.807, 2.05) is 0 Å². The van der Waals surface area contributed by atoms with Gasteiger partial charge in [0.05, 0.1) is 6.54 Å². The summed E-state index contributed by atoms with van der Waals surface area (Å²) >= 11 is 0. The molecular formula is C4H4F3NO4. The molecule has 0 rings (SSSR count). The normalized spacial score (nSPS) is 10.7. The summed E-state index contributed by atoms with van der Waals surface area (Å²) in [7, 11) is 0. The van der Waals surface area contributed by atoms with E-state index in [1.54, 1.807) is 0 Å². The summed E-state index contributed by atoms with van der Waals surface area (Å²) in [6, 6.07) is 0. The van der Waals surface area contributed by atoms with E-state index in [2.05, 4.69) is 15.5 Å².